The molecule has 1 unspecified atom stereocenters. The lowest BCUT2D eigenvalue weighted by molar-refractivity contribution is -0.155. The van der Waals surface area contributed by atoms with Crippen LogP contribution in [0.2, 0.25) is 0 Å². The Hall–Kier alpha value is -2.19. The number of unbranched alkanes of at least 4 members (excludes halogenated alkanes) is 3. The van der Waals surface area contributed by atoms with Gasteiger partial charge in [-0.15, -0.1) is 0 Å². The van der Waals surface area contributed by atoms with Gasteiger partial charge in [0.25, 0.3) is 0 Å². The van der Waals surface area contributed by atoms with Crippen LogP contribution in [0, 0.1) is 11.8 Å². The smallest absolute Gasteiger partial charge is 0.312 e. The van der Waals surface area contributed by atoms with Gasteiger partial charge in [0.15, 0.2) is 0 Å². The van der Waals surface area contributed by atoms with E-state index in [1.165, 1.54) is 0 Å². The number of amides is 2. The van der Waals surface area contributed by atoms with Gasteiger partial charge in [0.2, 0.25) is 11.8 Å². The molecule has 5 atom stereocenters. The Kier molecular flexibility index (Phi) is 7.00. The van der Waals surface area contributed by atoms with Crippen molar-refractivity contribution in [2.45, 2.75) is 63.2 Å². The summed E-state index contributed by atoms with van der Waals surface area (Å²) in [7, 11) is 0. The van der Waals surface area contributed by atoms with Gasteiger partial charge in [-0.05, 0) is 32.1 Å². The second-order valence-corrected chi connectivity index (χ2v) is 9.08. The van der Waals surface area contributed by atoms with Gasteiger partial charge in [-0.25, -0.2) is 0 Å². The molecule has 2 saturated heterocycles. The lowest BCUT2D eigenvalue weighted by atomic mass is 9.77. The van der Waals surface area contributed by atoms with Gasteiger partial charge >= 0.3 is 5.97 Å². The monoisotopic (exact) mass is 446 g/mol. The van der Waals surface area contributed by atoms with E-state index in [0.717, 1.165) is 19.3 Å². The molecule has 0 aromatic heterocycles. The third kappa shape index (κ3) is 3.88. The Morgan fingerprint density at radius 1 is 1.09 bits per heavy atom. The molecule has 4 heterocycles. The molecule has 4 aliphatic heterocycles. The van der Waals surface area contributed by atoms with Gasteiger partial charge in [0.1, 0.15) is 17.6 Å². The van der Waals surface area contributed by atoms with E-state index < -0.39 is 35.6 Å². The first-order valence-corrected chi connectivity index (χ1v) is 11.9. The van der Waals surface area contributed by atoms with E-state index in [1.807, 2.05) is 24.3 Å². The second-order valence-electron chi connectivity index (χ2n) is 9.08. The highest BCUT2D eigenvalue weighted by molar-refractivity contribution is 5.99. The average molecular weight is 447 g/mol. The summed E-state index contributed by atoms with van der Waals surface area (Å²) in [5.41, 5.74) is -1.17. The molecular formula is C24H34N2O6. The molecule has 0 aromatic rings. The topological polar surface area (TPSA) is 96.4 Å². The average Bonchev–Trinajstić information content (AvgIpc) is 3.15. The molecule has 8 nitrogen and oxygen atoms in total. The standard InChI is InChI=1S/C24H34N2O6/c1-2-3-12-25-13-9-11-24-19(18-17(32-24)10-5-8-16-31-23(18)30)21(28)26(20(24)22(25)29)14-6-4-7-15-27/h5,9-11,17-20,27H,2-4,6-8,12-16H2,1H3/t17-,18+,19-,20?,24-/m0/s1. The molecule has 4 aliphatic rings. The maximum absolute atomic E-state index is 13.8. The molecule has 2 fully saturated rings. The van der Waals surface area contributed by atoms with Crippen LogP contribution in [0.25, 0.3) is 0 Å². The van der Waals surface area contributed by atoms with Crippen molar-refractivity contribution in [2.75, 3.05) is 32.8 Å². The number of esters is 1. The molecule has 0 bridgehead atoms. The maximum Gasteiger partial charge on any atom is 0.312 e. The normalized spacial score (nSPS) is 34.0. The van der Waals surface area contributed by atoms with Gasteiger partial charge in [-0.3, -0.25) is 14.4 Å². The lowest BCUT2D eigenvalue weighted by Crippen LogP contribution is -2.55. The zero-order valence-electron chi connectivity index (χ0n) is 18.8. The molecule has 32 heavy (non-hydrogen) atoms. The molecule has 0 saturated carbocycles. The fraction of sp³-hybridized carbons (Fsp3) is 0.708. The number of nitrogens with zero attached hydrogens (tertiary/aromatic N) is 2. The Morgan fingerprint density at radius 3 is 2.72 bits per heavy atom. The number of likely N-dealkylation sites (tertiary alicyclic amines) is 1. The summed E-state index contributed by atoms with van der Waals surface area (Å²) in [4.78, 5) is 43.9. The van der Waals surface area contributed by atoms with Crippen molar-refractivity contribution in [2.24, 2.45) is 11.8 Å². The number of fused-ring (bicyclic) bond motifs is 2. The summed E-state index contributed by atoms with van der Waals surface area (Å²) in [6.45, 7) is 3.95. The minimum Gasteiger partial charge on any atom is -0.465 e. The molecule has 176 valence electrons. The third-order valence-corrected chi connectivity index (χ3v) is 7.04. The quantitative estimate of drug-likeness (QED) is 0.344. The highest BCUT2D eigenvalue weighted by atomic mass is 16.6. The van der Waals surface area contributed by atoms with E-state index in [4.69, 9.17) is 14.6 Å². The van der Waals surface area contributed by atoms with E-state index in [2.05, 4.69) is 6.92 Å². The zero-order valence-corrected chi connectivity index (χ0v) is 18.8. The Balaban J connectivity index is 1.71. The van der Waals surface area contributed by atoms with Crippen molar-refractivity contribution in [3.8, 4) is 0 Å². The molecule has 2 amide bonds. The van der Waals surface area contributed by atoms with Crippen LogP contribution in [0.4, 0.5) is 0 Å². The van der Waals surface area contributed by atoms with Gasteiger partial charge in [-0.2, -0.15) is 0 Å². The summed E-state index contributed by atoms with van der Waals surface area (Å²) in [6.07, 6.45) is 11.5. The fourth-order valence-electron chi connectivity index (χ4n) is 5.51. The van der Waals surface area contributed by atoms with Crippen LogP contribution in [0.3, 0.4) is 0 Å². The van der Waals surface area contributed by atoms with Crippen LogP contribution < -0.4 is 0 Å². The lowest BCUT2D eigenvalue weighted by Gasteiger charge is -2.35. The summed E-state index contributed by atoms with van der Waals surface area (Å²) >= 11 is 0. The predicted octanol–water partition coefficient (Wildman–Crippen LogP) is 1.43. The van der Waals surface area contributed by atoms with E-state index in [9.17, 15) is 14.4 Å². The molecular weight excluding hydrogens is 412 g/mol. The SMILES string of the molecule is CCCCN1CC=C[C@]23O[C@H]4C=CCCOC(=O)[C@H]4[C@H]2C(=O)N(CCCCCO)C3C1=O. The molecule has 1 spiro atoms. The number of aliphatic hydroxyl groups is 1. The number of rotatable bonds is 8. The second kappa shape index (κ2) is 9.75. The van der Waals surface area contributed by atoms with Gasteiger partial charge in [-0.1, -0.05) is 37.6 Å². The number of cyclic esters (lactones) is 1. The minimum absolute atomic E-state index is 0.0987. The minimum atomic E-state index is -1.17. The van der Waals surface area contributed by atoms with E-state index in [1.54, 1.807) is 9.80 Å². The van der Waals surface area contributed by atoms with Crippen LogP contribution in [0.1, 0.15) is 45.4 Å². The van der Waals surface area contributed by atoms with Gasteiger partial charge in [0.05, 0.1) is 18.6 Å². The van der Waals surface area contributed by atoms with E-state index in [-0.39, 0.29) is 25.0 Å². The van der Waals surface area contributed by atoms with Crippen molar-refractivity contribution >= 4 is 17.8 Å². The number of ether oxygens (including phenoxy) is 2. The largest absolute Gasteiger partial charge is 0.465 e. The third-order valence-electron chi connectivity index (χ3n) is 7.04. The van der Waals surface area contributed by atoms with Gasteiger partial charge in [0, 0.05) is 26.2 Å². The number of hydrogen-bond donors (Lipinski definition) is 1. The van der Waals surface area contributed by atoms with E-state index >= 15 is 0 Å². The van der Waals surface area contributed by atoms with Crippen molar-refractivity contribution in [1.82, 2.24) is 9.80 Å². The molecule has 4 rings (SSSR count). The molecule has 0 aliphatic carbocycles. The summed E-state index contributed by atoms with van der Waals surface area (Å²) < 4.78 is 11.9. The fourth-order valence-corrected chi connectivity index (χ4v) is 5.51. The summed E-state index contributed by atoms with van der Waals surface area (Å²) in [5, 5.41) is 9.10. The summed E-state index contributed by atoms with van der Waals surface area (Å²) in [6, 6.07) is -0.792. The summed E-state index contributed by atoms with van der Waals surface area (Å²) in [5.74, 6) is -2.30. The first-order chi connectivity index (χ1) is 15.5. The predicted molar refractivity (Wildman–Crippen MR) is 116 cm³/mol. The van der Waals surface area contributed by atoms with Crippen LogP contribution >= 0.6 is 0 Å². The molecule has 1 N–H and O–H groups in total. The van der Waals surface area contributed by atoms with Crippen LogP contribution in [-0.4, -0.2) is 83.3 Å². The van der Waals surface area contributed by atoms with Crippen LogP contribution in [0.5, 0.6) is 0 Å². The Morgan fingerprint density at radius 2 is 1.94 bits per heavy atom. The van der Waals surface area contributed by atoms with Crippen molar-refractivity contribution in [3.63, 3.8) is 0 Å². The molecule has 0 radical (unpaired) electrons. The first-order valence-electron chi connectivity index (χ1n) is 11.9. The van der Waals surface area contributed by atoms with Crippen LogP contribution in [-0.2, 0) is 23.9 Å². The Bertz CT molecular complexity index is 795. The highest BCUT2D eigenvalue weighted by Crippen LogP contribution is 2.53. The number of aliphatic hydroxyl groups excluding tert-OH is 1. The number of carbonyl (C=O) groups excluding carboxylic acids is 3. The van der Waals surface area contributed by atoms with Crippen molar-refractivity contribution in [1.29, 1.82) is 0 Å². The molecule has 8 heteroatoms. The van der Waals surface area contributed by atoms with Crippen molar-refractivity contribution < 1.29 is 29.0 Å². The first kappa shape index (κ1) is 23.0. The van der Waals surface area contributed by atoms with Crippen LogP contribution in [0.15, 0.2) is 24.3 Å². The number of hydrogen-bond acceptors (Lipinski definition) is 6. The zero-order chi connectivity index (χ0) is 22.7. The molecule has 0 aromatic carbocycles. The Labute approximate surface area is 189 Å². The van der Waals surface area contributed by atoms with Crippen molar-refractivity contribution in [3.05, 3.63) is 24.3 Å². The van der Waals surface area contributed by atoms with Gasteiger partial charge < -0.3 is 24.4 Å². The highest BCUT2D eigenvalue weighted by Gasteiger charge is 2.71. The number of carbonyl (C=O) groups is 3. The maximum atomic E-state index is 13.8. The van der Waals surface area contributed by atoms with E-state index in [0.29, 0.717) is 38.9 Å².